The van der Waals surface area contributed by atoms with Gasteiger partial charge in [-0.1, -0.05) is 48.0 Å². The van der Waals surface area contributed by atoms with Crippen molar-refractivity contribution in [3.63, 3.8) is 0 Å². The highest BCUT2D eigenvalue weighted by molar-refractivity contribution is 5.93. The molecule has 2 aromatic carbocycles. The van der Waals surface area contributed by atoms with Crippen molar-refractivity contribution < 1.29 is 4.79 Å². The molecule has 0 unspecified atom stereocenters. The summed E-state index contributed by atoms with van der Waals surface area (Å²) < 4.78 is 0. The molecule has 3 aromatic rings. The van der Waals surface area contributed by atoms with Crippen molar-refractivity contribution in [3.05, 3.63) is 82.8 Å². The van der Waals surface area contributed by atoms with Crippen molar-refractivity contribution in [3.8, 4) is 0 Å². The number of nitrogens with zero attached hydrogens (tertiary/aromatic N) is 3. The second-order valence-corrected chi connectivity index (χ2v) is 7.21. The lowest BCUT2D eigenvalue weighted by Gasteiger charge is -2.30. The van der Waals surface area contributed by atoms with Crippen LogP contribution in [0.1, 0.15) is 39.4 Å². The van der Waals surface area contributed by atoms with E-state index in [1.807, 2.05) is 44.2 Å². The maximum absolute atomic E-state index is 12.7. The smallest absolute Gasteiger partial charge is 0.270 e. The van der Waals surface area contributed by atoms with Crippen LogP contribution in [0.2, 0.25) is 0 Å². The van der Waals surface area contributed by atoms with E-state index in [9.17, 15) is 4.79 Å². The van der Waals surface area contributed by atoms with Gasteiger partial charge in [-0.15, -0.1) is 0 Å². The van der Waals surface area contributed by atoms with Crippen LogP contribution in [-0.2, 0) is 13.0 Å². The molecule has 142 valence electrons. The topological polar surface area (TPSA) is 58.1 Å². The monoisotopic (exact) mass is 372 g/mol. The summed E-state index contributed by atoms with van der Waals surface area (Å²) in [4.78, 5) is 23.8. The summed E-state index contributed by atoms with van der Waals surface area (Å²) in [6.07, 6.45) is 2.13. The SMILES string of the molecule is Cc1ccc(CNC(=O)c2cc(N3CCCc4ccccc43)nc(C)n2)cc1. The third-order valence-electron chi connectivity index (χ3n) is 5.02. The second-order valence-electron chi connectivity index (χ2n) is 7.21. The van der Waals surface area contributed by atoms with Crippen molar-refractivity contribution >= 4 is 17.4 Å². The van der Waals surface area contributed by atoms with Gasteiger partial charge in [-0.25, -0.2) is 9.97 Å². The van der Waals surface area contributed by atoms with Gasteiger partial charge in [0, 0.05) is 24.8 Å². The Kier molecular flexibility index (Phi) is 5.06. The fraction of sp³-hybridized carbons (Fsp3) is 0.261. The van der Waals surface area contributed by atoms with Gasteiger partial charge in [0.15, 0.2) is 0 Å². The minimum Gasteiger partial charge on any atom is -0.347 e. The van der Waals surface area contributed by atoms with Crippen LogP contribution in [0.5, 0.6) is 0 Å². The molecule has 1 aliphatic heterocycles. The molecule has 0 spiro atoms. The summed E-state index contributed by atoms with van der Waals surface area (Å²) in [6.45, 7) is 5.24. The van der Waals surface area contributed by atoms with Crippen LogP contribution in [0.4, 0.5) is 11.5 Å². The second kappa shape index (κ2) is 7.80. The quantitative estimate of drug-likeness (QED) is 0.749. The van der Waals surface area contributed by atoms with Gasteiger partial charge in [-0.2, -0.15) is 0 Å². The first-order chi connectivity index (χ1) is 13.6. The van der Waals surface area contributed by atoms with E-state index < -0.39 is 0 Å². The molecule has 0 saturated heterocycles. The Labute approximate surface area is 165 Å². The molecule has 2 heterocycles. The first-order valence-electron chi connectivity index (χ1n) is 9.65. The van der Waals surface area contributed by atoms with Crippen LogP contribution >= 0.6 is 0 Å². The zero-order valence-electron chi connectivity index (χ0n) is 16.3. The number of fused-ring (bicyclic) bond motifs is 1. The van der Waals surface area contributed by atoms with Crippen molar-refractivity contribution in [2.45, 2.75) is 33.2 Å². The molecule has 0 saturated carbocycles. The number of hydrogen-bond acceptors (Lipinski definition) is 4. The molecule has 1 aromatic heterocycles. The number of hydrogen-bond donors (Lipinski definition) is 1. The van der Waals surface area contributed by atoms with Gasteiger partial charge < -0.3 is 10.2 Å². The van der Waals surface area contributed by atoms with Gasteiger partial charge in [0.2, 0.25) is 0 Å². The largest absolute Gasteiger partial charge is 0.347 e. The summed E-state index contributed by atoms with van der Waals surface area (Å²) in [5, 5.41) is 2.96. The summed E-state index contributed by atoms with van der Waals surface area (Å²) in [5.74, 6) is 1.19. The minimum absolute atomic E-state index is 0.183. The molecule has 0 bridgehead atoms. The van der Waals surface area contributed by atoms with Gasteiger partial charge in [0.25, 0.3) is 5.91 Å². The third kappa shape index (κ3) is 3.88. The van der Waals surface area contributed by atoms with Gasteiger partial charge >= 0.3 is 0 Å². The molecule has 5 heteroatoms. The highest BCUT2D eigenvalue weighted by Gasteiger charge is 2.21. The van der Waals surface area contributed by atoms with Crippen molar-refractivity contribution in [1.82, 2.24) is 15.3 Å². The first-order valence-corrected chi connectivity index (χ1v) is 9.65. The van der Waals surface area contributed by atoms with E-state index >= 15 is 0 Å². The van der Waals surface area contributed by atoms with Crippen LogP contribution in [-0.4, -0.2) is 22.4 Å². The maximum atomic E-state index is 12.7. The zero-order valence-corrected chi connectivity index (χ0v) is 16.3. The molecule has 5 nitrogen and oxygen atoms in total. The number of aryl methyl sites for hydroxylation is 3. The van der Waals surface area contributed by atoms with E-state index in [0.717, 1.165) is 36.5 Å². The lowest BCUT2D eigenvalue weighted by molar-refractivity contribution is 0.0945. The van der Waals surface area contributed by atoms with Gasteiger partial charge in [0.05, 0.1) is 0 Å². The van der Waals surface area contributed by atoms with E-state index in [4.69, 9.17) is 0 Å². The molecular weight excluding hydrogens is 348 g/mol. The molecule has 28 heavy (non-hydrogen) atoms. The molecule has 0 atom stereocenters. The Hall–Kier alpha value is -3.21. The number of benzene rings is 2. The van der Waals surface area contributed by atoms with E-state index in [-0.39, 0.29) is 5.91 Å². The zero-order chi connectivity index (χ0) is 19.5. The van der Waals surface area contributed by atoms with E-state index in [0.29, 0.717) is 18.1 Å². The first kappa shape index (κ1) is 18.2. The predicted molar refractivity (Wildman–Crippen MR) is 111 cm³/mol. The average molecular weight is 372 g/mol. The van der Waals surface area contributed by atoms with Crippen molar-refractivity contribution in [1.29, 1.82) is 0 Å². The molecule has 4 rings (SSSR count). The number of aromatic nitrogens is 2. The number of rotatable bonds is 4. The Balaban J connectivity index is 1.56. The summed E-state index contributed by atoms with van der Waals surface area (Å²) in [5.41, 5.74) is 5.15. The Morgan fingerprint density at radius 3 is 2.68 bits per heavy atom. The highest BCUT2D eigenvalue weighted by Crippen LogP contribution is 2.32. The van der Waals surface area contributed by atoms with Crippen LogP contribution in [0.25, 0.3) is 0 Å². The summed E-state index contributed by atoms with van der Waals surface area (Å²) in [7, 11) is 0. The Morgan fingerprint density at radius 1 is 1.07 bits per heavy atom. The van der Waals surface area contributed by atoms with E-state index in [1.165, 1.54) is 11.1 Å². The van der Waals surface area contributed by atoms with E-state index in [1.54, 1.807) is 6.07 Å². The van der Waals surface area contributed by atoms with Gasteiger partial charge in [-0.05, 0) is 43.9 Å². The molecule has 1 N–H and O–H groups in total. The Morgan fingerprint density at radius 2 is 1.86 bits per heavy atom. The Bertz CT molecular complexity index is 998. The molecule has 1 amide bonds. The summed E-state index contributed by atoms with van der Waals surface area (Å²) in [6, 6.07) is 18.3. The molecule has 0 aliphatic carbocycles. The lowest BCUT2D eigenvalue weighted by Crippen LogP contribution is -2.28. The number of nitrogens with one attached hydrogen (secondary N) is 1. The number of carbonyl (C=O) groups excluding carboxylic acids is 1. The van der Waals surface area contributed by atoms with Gasteiger partial charge in [0.1, 0.15) is 17.3 Å². The molecule has 0 fully saturated rings. The number of anilines is 2. The van der Waals surface area contributed by atoms with Gasteiger partial charge in [-0.3, -0.25) is 4.79 Å². The summed E-state index contributed by atoms with van der Waals surface area (Å²) >= 11 is 0. The minimum atomic E-state index is -0.183. The fourth-order valence-corrected chi connectivity index (χ4v) is 3.56. The van der Waals surface area contributed by atoms with Crippen LogP contribution in [0, 0.1) is 13.8 Å². The normalized spacial score (nSPS) is 13.1. The van der Waals surface area contributed by atoms with Crippen molar-refractivity contribution in [2.75, 3.05) is 11.4 Å². The lowest BCUT2D eigenvalue weighted by atomic mass is 10.0. The molecular formula is C23H24N4O. The number of para-hydroxylation sites is 1. The maximum Gasteiger partial charge on any atom is 0.270 e. The number of carbonyl (C=O) groups is 1. The molecule has 0 radical (unpaired) electrons. The molecule has 1 aliphatic rings. The third-order valence-corrected chi connectivity index (χ3v) is 5.02. The van der Waals surface area contributed by atoms with Crippen LogP contribution in [0.3, 0.4) is 0 Å². The van der Waals surface area contributed by atoms with Crippen LogP contribution < -0.4 is 10.2 Å². The fourth-order valence-electron chi connectivity index (χ4n) is 3.56. The van der Waals surface area contributed by atoms with Crippen LogP contribution in [0.15, 0.2) is 54.6 Å². The highest BCUT2D eigenvalue weighted by atomic mass is 16.1. The van der Waals surface area contributed by atoms with Crippen molar-refractivity contribution in [2.24, 2.45) is 0 Å². The van der Waals surface area contributed by atoms with E-state index in [2.05, 4.69) is 38.4 Å². The average Bonchev–Trinajstić information content (AvgIpc) is 2.72. The predicted octanol–water partition coefficient (Wildman–Crippen LogP) is 4.11. The standard InChI is InChI=1S/C23H24N4O/c1-16-9-11-18(12-10-16)15-24-23(28)20-14-22(26-17(2)25-20)27-13-5-7-19-6-3-4-8-21(19)27/h3-4,6,8-12,14H,5,7,13,15H2,1-2H3,(H,24,28). The number of amides is 1.